The molecule has 124 valence electrons. The molecule has 0 bridgehead atoms. The average molecular weight is 314 g/mol. The molecule has 3 fully saturated rings. The molecule has 1 aromatic carbocycles. The summed E-state index contributed by atoms with van der Waals surface area (Å²) in [6.07, 6.45) is 2.09. The van der Waals surface area contributed by atoms with E-state index < -0.39 is 0 Å². The highest BCUT2D eigenvalue weighted by atomic mass is 16.5. The Labute approximate surface area is 138 Å². The number of carbonyl (C=O) groups excluding carboxylic acids is 1. The van der Waals surface area contributed by atoms with Gasteiger partial charge in [0, 0.05) is 44.7 Å². The Morgan fingerprint density at radius 3 is 2.78 bits per heavy atom. The second-order valence-corrected chi connectivity index (χ2v) is 7.20. The molecule has 4 heteroatoms. The summed E-state index contributed by atoms with van der Waals surface area (Å²) in [5.74, 6) is 0.684. The Morgan fingerprint density at radius 1 is 1.30 bits per heavy atom. The fourth-order valence-corrected chi connectivity index (χ4v) is 4.77. The molecule has 0 unspecified atom stereocenters. The molecule has 0 aliphatic carbocycles. The van der Waals surface area contributed by atoms with Crippen molar-refractivity contribution < 1.29 is 9.53 Å². The van der Waals surface area contributed by atoms with Gasteiger partial charge in [-0.15, -0.1) is 0 Å². The maximum atomic E-state index is 13.2. The number of nitrogens with zero attached hydrogens (tertiary/aromatic N) is 2. The Hall–Kier alpha value is -1.39. The second-order valence-electron chi connectivity index (χ2n) is 7.20. The maximum Gasteiger partial charge on any atom is 0.230 e. The van der Waals surface area contributed by atoms with Crippen molar-refractivity contribution in [3.8, 4) is 0 Å². The monoisotopic (exact) mass is 314 g/mol. The summed E-state index contributed by atoms with van der Waals surface area (Å²) < 4.78 is 5.59. The van der Waals surface area contributed by atoms with Gasteiger partial charge in [-0.3, -0.25) is 9.69 Å². The molecular formula is C19H26N2O2. The molecule has 3 aliphatic heterocycles. The summed E-state index contributed by atoms with van der Waals surface area (Å²) in [5, 5.41) is 0. The number of rotatable bonds is 3. The van der Waals surface area contributed by atoms with Crippen LogP contribution in [-0.4, -0.2) is 61.1 Å². The minimum Gasteiger partial charge on any atom is -0.380 e. The first-order valence-corrected chi connectivity index (χ1v) is 8.91. The molecule has 3 heterocycles. The van der Waals surface area contributed by atoms with Crippen molar-refractivity contribution in [1.82, 2.24) is 9.80 Å². The van der Waals surface area contributed by atoms with Crippen molar-refractivity contribution in [2.45, 2.75) is 31.7 Å². The predicted octanol–water partition coefficient (Wildman–Crippen LogP) is 2.11. The zero-order valence-corrected chi connectivity index (χ0v) is 13.9. The standard InChI is InChI=1S/C19H26N2O2/c1-2-20-10-9-19(18(20)22)14-21(16-8-11-23-13-16)12-17(19)15-6-4-3-5-7-15/h3-7,16-17H,2,8-14H2,1H3/t16-,17-,19+/m0/s1. The molecular weight excluding hydrogens is 288 g/mol. The Kier molecular flexibility index (Phi) is 3.90. The van der Waals surface area contributed by atoms with Crippen LogP contribution in [0.5, 0.6) is 0 Å². The van der Waals surface area contributed by atoms with Gasteiger partial charge in [-0.2, -0.15) is 0 Å². The molecule has 0 radical (unpaired) electrons. The van der Waals surface area contributed by atoms with Crippen LogP contribution < -0.4 is 0 Å². The second kappa shape index (κ2) is 5.91. The zero-order valence-electron chi connectivity index (χ0n) is 13.9. The van der Waals surface area contributed by atoms with Crippen LogP contribution in [0.1, 0.15) is 31.2 Å². The zero-order chi connectivity index (χ0) is 15.9. The first-order valence-electron chi connectivity index (χ1n) is 8.91. The van der Waals surface area contributed by atoms with Gasteiger partial charge in [0.25, 0.3) is 0 Å². The van der Waals surface area contributed by atoms with E-state index in [-0.39, 0.29) is 5.41 Å². The van der Waals surface area contributed by atoms with E-state index in [0.717, 1.165) is 52.2 Å². The third-order valence-corrected chi connectivity index (χ3v) is 6.12. The summed E-state index contributed by atoms with van der Waals surface area (Å²) in [4.78, 5) is 17.7. The number of likely N-dealkylation sites (tertiary alicyclic amines) is 2. The lowest BCUT2D eigenvalue weighted by Gasteiger charge is -2.29. The van der Waals surface area contributed by atoms with Crippen LogP contribution in [-0.2, 0) is 9.53 Å². The van der Waals surface area contributed by atoms with Gasteiger partial charge in [-0.25, -0.2) is 0 Å². The number of carbonyl (C=O) groups is 1. The Morgan fingerprint density at radius 2 is 2.13 bits per heavy atom. The van der Waals surface area contributed by atoms with Crippen LogP contribution >= 0.6 is 0 Å². The van der Waals surface area contributed by atoms with Crippen LogP contribution in [0, 0.1) is 5.41 Å². The van der Waals surface area contributed by atoms with Crippen LogP contribution in [0.2, 0.25) is 0 Å². The lowest BCUT2D eigenvalue weighted by atomic mass is 9.73. The lowest BCUT2D eigenvalue weighted by Crippen LogP contribution is -2.41. The number of hydrogen-bond acceptors (Lipinski definition) is 3. The maximum absolute atomic E-state index is 13.2. The molecule has 1 aromatic rings. The molecule has 3 saturated heterocycles. The minimum absolute atomic E-state index is 0.222. The van der Waals surface area contributed by atoms with E-state index in [2.05, 4.69) is 42.2 Å². The van der Waals surface area contributed by atoms with Gasteiger partial charge < -0.3 is 9.64 Å². The summed E-state index contributed by atoms with van der Waals surface area (Å²) >= 11 is 0. The SMILES string of the molecule is CCN1CC[C@]2(CN([C@H]3CCOC3)C[C@H]2c2ccccc2)C1=O. The van der Waals surface area contributed by atoms with E-state index >= 15 is 0 Å². The quantitative estimate of drug-likeness (QED) is 0.857. The van der Waals surface area contributed by atoms with Crippen molar-refractivity contribution in [1.29, 1.82) is 0 Å². The van der Waals surface area contributed by atoms with Crippen molar-refractivity contribution in [3.05, 3.63) is 35.9 Å². The minimum atomic E-state index is -0.222. The molecule has 3 atom stereocenters. The molecule has 3 aliphatic rings. The molecule has 1 amide bonds. The number of hydrogen-bond donors (Lipinski definition) is 0. The highest BCUT2D eigenvalue weighted by molar-refractivity contribution is 5.87. The van der Waals surface area contributed by atoms with Crippen LogP contribution in [0.15, 0.2) is 30.3 Å². The van der Waals surface area contributed by atoms with E-state index in [0.29, 0.717) is 17.9 Å². The average Bonchev–Trinajstić information content (AvgIpc) is 3.30. The Bertz CT molecular complexity index is 570. The van der Waals surface area contributed by atoms with Crippen molar-refractivity contribution >= 4 is 5.91 Å². The normalized spacial score (nSPS) is 34.8. The van der Waals surface area contributed by atoms with Gasteiger partial charge in [0.2, 0.25) is 5.91 Å². The molecule has 4 nitrogen and oxygen atoms in total. The summed E-state index contributed by atoms with van der Waals surface area (Å²) in [6, 6.07) is 11.1. The summed E-state index contributed by atoms with van der Waals surface area (Å²) in [6.45, 7) is 7.40. The van der Waals surface area contributed by atoms with Crippen molar-refractivity contribution in [2.24, 2.45) is 5.41 Å². The van der Waals surface area contributed by atoms with E-state index in [9.17, 15) is 4.79 Å². The van der Waals surface area contributed by atoms with Gasteiger partial charge in [-0.05, 0) is 25.3 Å². The Balaban J connectivity index is 1.67. The van der Waals surface area contributed by atoms with Crippen LogP contribution in [0.4, 0.5) is 0 Å². The van der Waals surface area contributed by atoms with Crippen LogP contribution in [0.3, 0.4) is 0 Å². The molecule has 4 rings (SSSR count). The highest BCUT2D eigenvalue weighted by Crippen LogP contribution is 2.50. The van der Waals surface area contributed by atoms with Gasteiger partial charge in [0.1, 0.15) is 0 Å². The molecule has 0 N–H and O–H groups in total. The smallest absolute Gasteiger partial charge is 0.230 e. The molecule has 1 spiro atoms. The van der Waals surface area contributed by atoms with Crippen molar-refractivity contribution in [3.63, 3.8) is 0 Å². The predicted molar refractivity (Wildman–Crippen MR) is 89.3 cm³/mol. The first-order chi connectivity index (χ1) is 11.2. The third kappa shape index (κ3) is 2.39. The van der Waals surface area contributed by atoms with Gasteiger partial charge >= 0.3 is 0 Å². The van der Waals surface area contributed by atoms with Gasteiger partial charge in [0.05, 0.1) is 12.0 Å². The highest BCUT2D eigenvalue weighted by Gasteiger charge is 2.57. The van der Waals surface area contributed by atoms with Gasteiger partial charge in [-0.1, -0.05) is 30.3 Å². The third-order valence-electron chi connectivity index (χ3n) is 6.12. The van der Waals surface area contributed by atoms with E-state index in [4.69, 9.17) is 4.74 Å². The molecule has 23 heavy (non-hydrogen) atoms. The van der Waals surface area contributed by atoms with E-state index in [1.54, 1.807) is 0 Å². The fraction of sp³-hybridized carbons (Fsp3) is 0.632. The van der Waals surface area contributed by atoms with E-state index in [1.165, 1.54) is 5.56 Å². The number of amides is 1. The topological polar surface area (TPSA) is 32.8 Å². The molecule has 0 aromatic heterocycles. The van der Waals surface area contributed by atoms with Crippen molar-refractivity contribution in [2.75, 3.05) is 39.4 Å². The first kappa shape index (κ1) is 15.2. The number of ether oxygens (including phenoxy) is 1. The van der Waals surface area contributed by atoms with E-state index in [1.807, 2.05) is 4.90 Å². The lowest BCUT2D eigenvalue weighted by molar-refractivity contribution is -0.136. The summed E-state index contributed by atoms with van der Waals surface area (Å²) in [5.41, 5.74) is 1.10. The fourth-order valence-electron chi connectivity index (χ4n) is 4.77. The molecule has 0 saturated carbocycles. The van der Waals surface area contributed by atoms with Crippen LogP contribution in [0.25, 0.3) is 0 Å². The number of benzene rings is 1. The largest absolute Gasteiger partial charge is 0.380 e. The van der Waals surface area contributed by atoms with Gasteiger partial charge in [0.15, 0.2) is 0 Å². The summed E-state index contributed by atoms with van der Waals surface area (Å²) in [7, 11) is 0.